The molecule has 8 heteroatoms. The molecule has 0 spiro atoms. The third kappa shape index (κ3) is 3.69. The Kier molecular flexibility index (Phi) is 4.80. The van der Waals surface area contributed by atoms with Crippen LogP contribution in [0.2, 0.25) is 0 Å². The summed E-state index contributed by atoms with van der Waals surface area (Å²) in [5.74, 6) is 7.32. The predicted molar refractivity (Wildman–Crippen MR) is 97.9 cm³/mol. The Bertz CT molecular complexity index is 916. The van der Waals surface area contributed by atoms with E-state index in [0.717, 1.165) is 22.4 Å². The van der Waals surface area contributed by atoms with E-state index in [0.29, 0.717) is 16.7 Å². The summed E-state index contributed by atoms with van der Waals surface area (Å²) in [6, 6.07) is 7.72. The first-order valence-electron chi connectivity index (χ1n) is 7.70. The molecule has 3 N–H and O–H groups in total. The fourth-order valence-electron chi connectivity index (χ4n) is 2.36. The van der Waals surface area contributed by atoms with Crippen molar-refractivity contribution in [3.05, 3.63) is 47.4 Å². The number of rotatable bonds is 5. The Hall–Kier alpha value is -2.74. The van der Waals surface area contributed by atoms with Crippen LogP contribution in [0.1, 0.15) is 16.9 Å². The number of amides is 1. The smallest absolute Gasteiger partial charge is 0.234 e. The van der Waals surface area contributed by atoms with Crippen LogP contribution in [0.15, 0.2) is 40.1 Å². The fraction of sp³-hybridized carbons (Fsp3) is 0.235. The number of carbonyl (C=O) groups excluding carboxylic acids is 1. The van der Waals surface area contributed by atoms with Crippen molar-refractivity contribution in [1.29, 1.82) is 0 Å². The van der Waals surface area contributed by atoms with E-state index in [-0.39, 0.29) is 11.7 Å². The minimum atomic E-state index is -0.122. The van der Waals surface area contributed by atoms with Crippen molar-refractivity contribution >= 4 is 23.4 Å². The summed E-state index contributed by atoms with van der Waals surface area (Å²) < 4.78 is 6.63. The number of nitrogen functional groups attached to an aromatic ring is 1. The average Bonchev–Trinajstić information content (AvgIpc) is 3.14. The van der Waals surface area contributed by atoms with Crippen LogP contribution >= 0.6 is 11.8 Å². The van der Waals surface area contributed by atoms with Crippen LogP contribution in [0.25, 0.3) is 11.4 Å². The van der Waals surface area contributed by atoms with Crippen LogP contribution in [0, 0.1) is 20.8 Å². The van der Waals surface area contributed by atoms with Gasteiger partial charge in [0.05, 0.1) is 17.6 Å². The monoisotopic (exact) mass is 357 g/mol. The highest BCUT2D eigenvalue weighted by atomic mass is 32.2. The molecule has 3 rings (SSSR count). The molecule has 0 aliphatic carbocycles. The molecule has 0 bridgehead atoms. The molecular formula is C17H19N5O2S. The van der Waals surface area contributed by atoms with E-state index in [1.165, 1.54) is 16.4 Å². The molecule has 2 heterocycles. The number of hydrogen-bond acceptors (Lipinski definition) is 6. The van der Waals surface area contributed by atoms with Gasteiger partial charge in [-0.15, -0.1) is 10.2 Å². The van der Waals surface area contributed by atoms with Gasteiger partial charge in [-0.3, -0.25) is 4.79 Å². The number of aryl methyl sites for hydroxylation is 3. The standard InChI is InChI=1S/C17H19N5O2S/c1-10-4-5-11(2)14(8-10)19-15(23)9-25-17-21-20-16(22(17)18)13-6-7-24-12(13)3/h4-8H,9,18H2,1-3H3,(H,19,23). The van der Waals surface area contributed by atoms with Gasteiger partial charge >= 0.3 is 0 Å². The van der Waals surface area contributed by atoms with Crippen LogP contribution in [-0.2, 0) is 4.79 Å². The normalized spacial score (nSPS) is 10.8. The van der Waals surface area contributed by atoms with Gasteiger partial charge in [-0.05, 0) is 44.0 Å². The van der Waals surface area contributed by atoms with Crippen LogP contribution in [0.4, 0.5) is 5.69 Å². The van der Waals surface area contributed by atoms with Gasteiger partial charge in [-0.25, -0.2) is 4.68 Å². The van der Waals surface area contributed by atoms with Gasteiger partial charge in [-0.2, -0.15) is 0 Å². The quantitative estimate of drug-likeness (QED) is 0.538. The molecule has 3 aromatic rings. The molecule has 130 valence electrons. The molecule has 7 nitrogen and oxygen atoms in total. The Labute approximate surface area is 149 Å². The van der Waals surface area contributed by atoms with Crippen molar-refractivity contribution in [2.45, 2.75) is 25.9 Å². The molecule has 0 unspecified atom stereocenters. The molecule has 0 atom stereocenters. The maximum absolute atomic E-state index is 12.2. The van der Waals surface area contributed by atoms with Gasteiger partial charge < -0.3 is 15.6 Å². The van der Waals surface area contributed by atoms with Crippen molar-refractivity contribution in [3.8, 4) is 11.4 Å². The number of benzene rings is 1. The number of furan rings is 1. The van der Waals surface area contributed by atoms with Crippen molar-refractivity contribution in [3.63, 3.8) is 0 Å². The minimum absolute atomic E-state index is 0.122. The first-order chi connectivity index (χ1) is 12.0. The number of anilines is 1. The molecule has 0 fully saturated rings. The lowest BCUT2D eigenvalue weighted by Gasteiger charge is -2.09. The summed E-state index contributed by atoms with van der Waals surface area (Å²) >= 11 is 1.23. The highest BCUT2D eigenvalue weighted by Gasteiger charge is 2.16. The summed E-state index contributed by atoms with van der Waals surface area (Å²) in [6.45, 7) is 5.77. The van der Waals surface area contributed by atoms with Crippen LogP contribution in [0.5, 0.6) is 0 Å². The SMILES string of the molecule is Cc1ccc(C)c(NC(=O)CSc2nnc(-c3ccoc3C)n2N)c1. The van der Waals surface area contributed by atoms with Crippen molar-refractivity contribution < 1.29 is 9.21 Å². The topological polar surface area (TPSA) is 99.0 Å². The van der Waals surface area contributed by atoms with Crippen LogP contribution in [0.3, 0.4) is 0 Å². The first-order valence-corrected chi connectivity index (χ1v) is 8.69. The molecule has 0 aliphatic rings. The van der Waals surface area contributed by atoms with Gasteiger partial charge in [0.1, 0.15) is 5.76 Å². The molecule has 2 aromatic heterocycles. The fourth-order valence-corrected chi connectivity index (χ4v) is 3.02. The molecule has 25 heavy (non-hydrogen) atoms. The Morgan fingerprint density at radius 1 is 1.28 bits per heavy atom. The lowest BCUT2D eigenvalue weighted by molar-refractivity contribution is -0.113. The molecule has 0 saturated heterocycles. The van der Waals surface area contributed by atoms with Gasteiger partial charge in [0.15, 0.2) is 5.82 Å². The number of nitrogens with two attached hydrogens (primary N) is 1. The number of carbonyl (C=O) groups is 1. The maximum Gasteiger partial charge on any atom is 0.234 e. The zero-order chi connectivity index (χ0) is 18.0. The predicted octanol–water partition coefficient (Wildman–Crippen LogP) is 2.91. The van der Waals surface area contributed by atoms with E-state index in [4.69, 9.17) is 10.3 Å². The Morgan fingerprint density at radius 3 is 2.80 bits per heavy atom. The molecule has 0 aliphatic heterocycles. The zero-order valence-corrected chi connectivity index (χ0v) is 15.1. The molecule has 0 radical (unpaired) electrons. The second kappa shape index (κ2) is 7.02. The molecule has 1 amide bonds. The van der Waals surface area contributed by atoms with Crippen molar-refractivity contribution in [2.24, 2.45) is 0 Å². The second-order valence-corrected chi connectivity index (χ2v) is 6.66. The molecule has 1 aromatic carbocycles. The first kappa shape index (κ1) is 17.1. The highest BCUT2D eigenvalue weighted by Crippen LogP contribution is 2.25. The highest BCUT2D eigenvalue weighted by molar-refractivity contribution is 7.99. The van der Waals surface area contributed by atoms with Crippen LogP contribution < -0.4 is 11.2 Å². The van der Waals surface area contributed by atoms with Gasteiger partial charge in [-0.1, -0.05) is 23.9 Å². The van der Waals surface area contributed by atoms with Gasteiger partial charge in [0.25, 0.3) is 0 Å². The lowest BCUT2D eigenvalue weighted by Crippen LogP contribution is -2.17. The third-order valence-electron chi connectivity index (χ3n) is 3.76. The van der Waals surface area contributed by atoms with E-state index in [2.05, 4.69) is 15.5 Å². The number of nitrogens with zero attached hydrogens (tertiary/aromatic N) is 3. The van der Waals surface area contributed by atoms with E-state index in [9.17, 15) is 4.79 Å². The Morgan fingerprint density at radius 2 is 2.08 bits per heavy atom. The van der Waals surface area contributed by atoms with Gasteiger partial charge in [0, 0.05) is 5.69 Å². The summed E-state index contributed by atoms with van der Waals surface area (Å²) in [7, 11) is 0. The summed E-state index contributed by atoms with van der Waals surface area (Å²) in [6.07, 6.45) is 1.57. The van der Waals surface area contributed by atoms with Gasteiger partial charge in [0.2, 0.25) is 11.1 Å². The summed E-state index contributed by atoms with van der Waals surface area (Å²) in [5.41, 5.74) is 3.70. The molecular weight excluding hydrogens is 338 g/mol. The summed E-state index contributed by atoms with van der Waals surface area (Å²) in [5, 5.41) is 11.5. The van der Waals surface area contributed by atoms with Crippen molar-refractivity contribution in [2.75, 3.05) is 16.9 Å². The third-order valence-corrected chi connectivity index (χ3v) is 4.71. The van der Waals surface area contributed by atoms with E-state index >= 15 is 0 Å². The minimum Gasteiger partial charge on any atom is -0.469 e. The zero-order valence-electron chi connectivity index (χ0n) is 14.2. The number of thioether (sulfide) groups is 1. The lowest BCUT2D eigenvalue weighted by atomic mass is 10.1. The second-order valence-electron chi connectivity index (χ2n) is 5.72. The number of aromatic nitrogens is 3. The van der Waals surface area contributed by atoms with E-state index in [1.807, 2.05) is 39.0 Å². The van der Waals surface area contributed by atoms with E-state index in [1.54, 1.807) is 12.3 Å². The number of nitrogens with one attached hydrogen (secondary N) is 1. The van der Waals surface area contributed by atoms with Crippen LogP contribution in [-0.4, -0.2) is 26.5 Å². The maximum atomic E-state index is 12.2. The number of hydrogen-bond donors (Lipinski definition) is 2. The summed E-state index contributed by atoms with van der Waals surface area (Å²) in [4.78, 5) is 12.2. The largest absolute Gasteiger partial charge is 0.469 e. The Balaban J connectivity index is 1.66. The molecule has 0 saturated carbocycles. The average molecular weight is 357 g/mol. The van der Waals surface area contributed by atoms with E-state index < -0.39 is 0 Å². The van der Waals surface area contributed by atoms with Crippen molar-refractivity contribution in [1.82, 2.24) is 14.9 Å².